The summed E-state index contributed by atoms with van der Waals surface area (Å²) in [5, 5.41) is 0. The molecule has 0 aromatic heterocycles. The molecule has 0 heterocycles. The summed E-state index contributed by atoms with van der Waals surface area (Å²) in [5.74, 6) is 0.746. The molecule has 0 aromatic rings. The summed E-state index contributed by atoms with van der Waals surface area (Å²) >= 11 is 0. The Balaban J connectivity index is 0. The second kappa shape index (κ2) is 3.53. The Bertz CT molecular complexity index is 79.0. The first-order valence-electron chi connectivity index (χ1n) is 3.06. The predicted molar refractivity (Wildman–Crippen MR) is 39.5 cm³/mol. The van der Waals surface area contributed by atoms with Crippen LogP contribution in [0.1, 0.15) is 28.1 Å². The summed E-state index contributed by atoms with van der Waals surface area (Å²) in [5.41, 5.74) is 6.15. The van der Waals surface area contributed by atoms with Gasteiger partial charge in [0.05, 0.1) is 0 Å². The zero-order valence-corrected chi connectivity index (χ0v) is 5.78. The van der Waals surface area contributed by atoms with E-state index in [1.807, 2.05) is 0 Å². The molecule has 0 spiro atoms. The number of hydrogen-bond donors (Lipinski definition) is 1. The molecule has 0 amide bonds. The highest BCUT2D eigenvalue weighted by Crippen LogP contribution is 2.05. The van der Waals surface area contributed by atoms with Gasteiger partial charge in [-0.25, -0.2) is 0 Å². The van der Waals surface area contributed by atoms with Crippen LogP contribution in [0, 0.1) is 5.92 Å². The summed E-state index contributed by atoms with van der Waals surface area (Å²) in [6, 6.07) is 0. The molecule has 0 rings (SSSR count). The van der Waals surface area contributed by atoms with Crippen molar-refractivity contribution in [3.8, 4) is 0 Å². The monoisotopic (exact) mass is 115 g/mol. The standard InChI is InChI=1S/C7H15N.H2/c1-6(2)4-5-7(3)8;/h6H,3-5,8H2,1-2H3;1H. The van der Waals surface area contributed by atoms with E-state index in [0.29, 0.717) is 0 Å². The molecule has 1 heteroatoms. The van der Waals surface area contributed by atoms with E-state index in [2.05, 4.69) is 20.4 Å². The van der Waals surface area contributed by atoms with E-state index >= 15 is 0 Å². The SMILES string of the molecule is C=C(N)CCC(C)C.[HH]. The Hall–Kier alpha value is -0.460. The Kier molecular flexibility index (Phi) is 3.33. The average Bonchev–Trinajstić information content (AvgIpc) is 1.61. The third kappa shape index (κ3) is 5.54. The average molecular weight is 115 g/mol. The second-order valence-electron chi connectivity index (χ2n) is 2.59. The van der Waals surface area contributed by atoms with Crippen LogP contribution in [0.25, 0.3) is 0 Å². The smallest absolute Gasteiger partial charge is 0.000754 e. The van der Waals surface area contributed by atoms with E-state index in [1.165, 1.54) is 0 Å². The van der Waals surface area contributed by atoms with Crippen LogP contribution in [0.15, 0.2) is 12.3 Å². The largest absolute Gasteiger partial charge is 0.403 e. The summed E-state index contributed by atoms with van der Waals surface area (Å²) in [7, 11) is 0. The van der Waals surface area contributed by atoms with Crippen molar-refractivity contribution in [2.75, 3.05) is 0 Å². The van der Waals surface area contributed by atoms with Gasteiger partial charge in [-0.3, -0.25) is 0 Å². The molecule has 0 aromatic carbocycles. The van der Waals surface area contributed by atoms with Gasteiger partial charge >= 0.3 is 0 Å². The van der Waals surface area contributed by atoms with E-state index in [9.17, 15) is 0 Å². The lowest BCUT2D eigenvalue weighted by atomic mass is 10.1. The molecule has 1 nitrogen and oxygen atoms in total. The van der Waals surface area contributed by atoms with Gasteiger partial charge in [0.15, 0.2) is 0 Å². The van der Waals surface area contributed by atoms with Crippen LogP contribution in [0.5, 0.6) is 0 Å². The van der Waals surface area contributed by atoms with Crippen molar-refractivity contribution in [3.63, 3.8) is 0 Å². The summed E-state index contributed by atoms with van der Waals surface area (Å²) in [6.45, 7) is 7.97. The van der Waals surface area contributed by atoms with E-state index in [-0.39, 0.29) is 1.43 Å². The lowest BCUT2D eigenvalue weighted by Gasteiger charge is -2.01. The molecular weight excluding hydrogens is 98.1 g/mol. The van der Waals surface area contributed by atoms with Crippen molar-refractivity contribution >= 4 is 0 Å². The van der Waals surface area contributed by atoms with Gasteiger partial charge in [0, 0.05) is 7.12 Å². The quantitative estimate of drug-likeness (QED) is 0.599. The molecule has 0 aliphatic rings. The second-order valence-corrected chi connectivity index (χ2v) is 2.59. The predicted octanol–water partition coefficient (Wildman–Crippen LogP) is 2.14. The summed E-state index contributed by atoms with van der Waals surface area (Å²) in [6.07, 6.45) is 2.13. The van der Waals surface area contributed by atoms with Crippen molar-refractivity contribution in [1.29, 1.82) is 0 Å². The molecular formula is C7H17N. The molecule has 0 saturated heterocycles. The highest BCUT2D eigenvalue weighted by molar-refractivity contribution is 4.85. The third-order valence-electron chi connectivity index (χ3n) is 1.04. The first-order valence-corrected chi connectivity index (χ1v) is 3.06. The maximum absolute atomic E-state index is 5.35. The van der Waals surface area contributed by atoms with E-state index in [0.717, 1.165) is 24.5 Å². The Labute approximate surface area is 53.1 Å². The van der Waals surface area contributed by atoms with Crippen molar-refractivity contribution in [2.24, 2.45) is 11.7 Å². The van der Waals surface area contributed by atoms with Crippen LogP contribution in [-0.4, -0.2) is 0 Å². The van der Waals surface area contributed by atoms with E-state index in [1.54, 1.807) is 0 Å². The fourth-order valence-electron chi connectivity index (χ4n) is 0.474. The highest BCUT2D eigenvalue weighted by atomic mass is 14.5. The maximum Gasteiger partial charge on any atom is 0.000754 e. The van der Waals surface area contributed by atoms with Crippen molar-refractivity contribution in [3.05, 3.63) is 12.3 Å². The Morgan fingerprint density at radius 2 is 2.25 bits per heavy atom. The van der Waals surface area contributed by atoms with Gasteiger partial charge < -0.3 is 5.73 Å². The van der Waals surface area contributed by atoms with Gasteiger partial charge in [0.25, 0.3) is 0 Å². The van der Waals surface area contributed by atoms with Crippen molar-refractivity contribution < 1.29 is 1.43 Å². The van der Waals surface area contributed by atoms with E-state index < -0.39 is 0 Å². The maximum atomic E-state index is 5.35. The fraction of sp³-hybridized carbons (Fsp3) is 0.714. The van der Waals surface area contributed by atoms with Gasteiger partial charge in [0.2, 0.25) is 0 Å². The zero-order chi connectivity index (χ0) is 6.57. The number of hydrogen-bond acceptors (Lipinski definition) is 1. The Morgan fingerprint density at radius 1 is 1.75 bits per heavy atom. The normalized spacial score (nSPS) is 9.88. The zero-order valence-electron chi connectivity index (χ0n) is 5.78. The number of allylic oxidation sites excluding steroid dienone is 1. The Morgan fingerprint density at radius 3 is 2.38 bits per heavy atom. The summed E-state index contributed by atoms with van der Waals surface area (Å²) in [4.78, 5) is 0. The van der Waals surface area contributed by atoms with Crippen LogP contribution >= 0.6 is 0 Å². The lowest BCUT2D eigenvalue weighted by molar-refractivity contribution is 0.583. The molecule has 0 fully saturated rings. The van der Waals surface area contributed by atoms with Crippen LogP contribution in [-0.2, 0) is 0 Å². The molecule has 0 aliphatic heterocycles. The molecule has 2 N–H and O–H groups in total. The fourth-order valence-corrected chi connectivity index (χ4v) is 0.474. The van der Waals surface area contributed by atoms with Gasteiger partial charge in [-0.15, -0.1) is 0 Å². The molecule has 0 unspecified atom stereocenters. The van der Waals surface area contributed by atoms with Crippen LogP contribution in [0.2, 0.25) is 0 Å². The van der Waals surface area contributed by atoms with E-state index in [4.69, 9.17) is 5.73 Å². The minimum absolute atomic E-state index is 0. The number of nitrogens with two attached hydrogens (primary N) is 1. The third-order valence-corrected chi connectivity index (χ3v) is 1.04. The molecule has 0 bridgehead atoms. The summed E-state index contributed by atoms with van der Waals surface area (Å²) < 4.78 is 0. The van der Waals surface area contributed by atoms with Gasteiger partial charge in [-0.2, -0.15) is 0 Å². The van der Waals surface area contributed by atoms with Gasteiger partial charge in [-0.1, -0.05) is 20.4 Å². The van der Waals surface area contributed by atoms with Crippen LogP contribution in [0.4, 0.5) is 0 Å². The van der Waals surface area contributed by atoms with Crippen molar-refractivity contribution in [1.82, 2.24) is 0 Å². The topological polar surface area (TPSA) is 26.0 Å². The van der Waals surface area contributed by atoms with Crippen LogP contribution < -0.4 is 5.73 Å². The first-order chi connectivity index (χ1) is 3.63. The molecule has 50 valence electrons. The molecule has 0 aliphatic carbocycles. The van der Waals surface area contributed by atoms with Crippen LogP contribution in [0.3, 0.4) is 0 Å². The minimum atomic E-state index is 0. The van der Waals surface area contributed by atoms with Crippen molar-refractivity contribution in [2.45, 2.75) is 26.7 Å². The minimum Gasteiger partial charge on any atom is -0.403 e. The van der Waals surface area contributed by atoms with Gasteiger partial charge in [-0.05, 0) is 18.8 Å². The van der Waals surface area contributed by atoms with Gasteiger partial charge in [0.1, 0.15) is 0 Å². The number of rotatable bonds is 3. The first kappa shape index (κ1) is 7.54. The lowest BCUT2D eigenvalue weighted by Crippen LogP contribution is -1.96. The molecule has 0 atom stereocenters. The molecule has 0 saturated carbocycles. The molecule has 0 radical (unpaired) electrons. The highest BCUT2D eigenvalue weighted by Gasteiger charge is 1.92. The molecule has 8 heavy (non-hydrogen) atoms.